The maximum atomic E-state index is 13.2. The zero-order valence-electron chi connectivity index (χ0n) is 9.17. The van der Waals surface area contributed by atoms with Gasteiger partial charge in [-0.15, -0.1) is 0 Å². The normalized spacial score (nSPS) is 24.9. The highest BCUT2D eigenvalue weighted by Gasteiger charge is 2.26. The zero-order chi connectivity index (χ0) is 11.5. The van der Waals surface area contributed by atoms with Crippen LogP contribution < -0.4 is 5.32 Å². The van der Waals surface area contributed by atoms with E-state index in [1.54, 1.807) is 6.07 Å². The lowest BCUT2D eigenvalue weighted by molar-refractivity contribution is 0.452. The van der Waals surface area contributed by atoms with Crippen LogP contribution in [0.3, 0.4) is 0 Å². The molecule has 2 unspecified atom stereocenters. The summed E-state index contributed by atoms with van der Waals surface area (Å²) in [6, 6.07) is 5.72. The molecule has 0 aromatic heterocycles. The minimum Gasteiger partial charge on any atom is -0.316 e. The Hall–Kier alpha value is -0.0600. The highest BCUT2D eigenvalue weighted by molar-refractivity contribution is 9.10. The van der Waals surface area contributed by atoms with E-state index in [2.05, 4.69) is 21.2 Å². The van der Waals surface area contributed by atoms with Crippen LogP contribution in [0.2, 0.25) is 0 Å². The SMILES string of the molecule is CNC1CSCC1Cc1cc(F)cc(Br)c1. The van der Waals surface area contributed by atoms with E-state index in [1.165, 1.54) is 11.8 Å². The van der Waals surface area contributed by atoms with Gasteiger partial charge < -0.3 is 5.32 Å². The van der Waals surface area contributed by atoms with E-state index in [4.69, 9.17) is 0 Å². The lowest BCUT2D eigenvalue weighted by Gasteiger charge is -2.18. The zero-order valence-corrected chi connectivity index (χ0v) is 11.6. The molecule has 0 spiro atoms. The Morgan fingerprint density at radius 1 is 1.44 bits per heavy atom. The van der Waals surface area contributed by atoms with Gasteiger partial charge in [-0.1, -0.05) is 15.9 Å². The van der Waals surface area contributed by atoms with Gasteiger partial charge in [0.05, 0.1) is 0 Å². The molecule has 1 N–H and O–H groups in total. The first-order chi connectivity index (χ1) is 7.69. The Morgan fingerprint density at radius 3 is 2.94 bits per heavy atom. The lowest BCUT2D eigenvalue weighted by Crippen LogP contribution is -2.33. The summed E-state index contributed by atoms with van der Waals surface area (Å²) in [5, 5.41) is 3.34. The van der Waals surface area contributed by atoms with Gasteiger partial charge in [0.15, 0.2) is 0 Å². The van der Waals surface area contributed by atoms with Gasteiger partial charge in [0, 0.05) is 16.3 Å². The first-order valence-corrected chi connectivity index (χ1v) is 7.34. The van der Waals surface area contributed by atoms with Crippen LogP contribution >= 0.6 is 27.7 Å². The van der Waals surface area contributed by atoms with Gasteiger partial charge >= 0.3 is 0 Å². The van der Waals surface area contributed by atoms with Crippen molar-refractivity contribution >= 4 is 27.7 Å². The molecule has 4 heteroatoms. The van der Waals surface area contributed by atoms with Crippen LogP contribution in [0.5, 0.6) is 0 Å². The number of hydrogen-bond acceptors (Lipinski definition) is 2. The lowest BCUT2D eigenvalue weighted by atomic mass is 9.95. The number of thioether (sulfide) groups is 1. The molecule has 0 radical (unpaired) electrons. The quantitative estimate of drug-likeness (QED) is 0.921. The second kappa shape index (κ2) is 5.52. The van der Waals surface area contributed by atoms with Crippen LogP contribution in [-0.4, -0.2) is 24.6 Å². The van der Waals surface area contributed by atoms with Crippen molar-refractivity contribution in [3.63, 3.8) is 0 Å². The number of halogens is 2. The molecule has 1 aromatic carbocycles. The van der Waals surface area contributed by atoms with E-state index < -0.39 is 0 Å². The summed E-state index contributed by atoms with van der Waals surface area (Å²) in [4.78, 5) is 0. The average molecular weight is 304 g/mol. The molecule has 1 fully saturated rings. The van der Waals surface area contributed by atoms with Gasteiger partial charge in [0.25, 0.3) is 0 Å². The van der Waals surface area contributed by atoms with Gasteiger partial charge in [-0.05, 0) is 48.9 Å². The molecule has 1 saturated heterocycles. The van der Waals surface area contributed by atoms with E-state index in [0.29, 0.717) is 12.0 Å². The first kappa shape index (κ1) is 12.4. The molecule has 2 atom stereocenters. The molecular formula is C12H15BrFNS. The summed E-state index contributed by atoms with van der Waals surface area (Å²) in [6.07, 6.45) is 0.953. The van der Waals surface area contributed by atoms with Crippen molar-refractivity contribution in [3.8, 4) is 0 Å². The Balaban J connectivity index is 2.08. The summed E-state index contributed by atoms with van der Waals surface area (Å²) >= 11 is 5.31. The summed E-state index contributed by atoms with van der Waals surface area (Å²) in [6.45, 7) is 0. The van der Waals surface area contributed by atoms with Crippen molar-refractivity contribution in [2.24, 2.45) is 5.92 Å². The topological polar surface area (TPSA) is 12.0 Å². The summed E-state index contributed by atoms with van der Waals surface area (Å²) in [7, 11) is 2.00. The van der Waals surface area contributed by atoms with E-state index in [0.717, 1.165) is 22.2 Å². The maximum absolute atomic E-state index is 13.2. The third-order valence-corrected chi connectivity index (χ3v) is 4.71. The van der Waals surface area contributed by atoms with Gasteiger partial charge in [0.1, 0.15) is 5.82 Å². The number of nitrogens with one attached hydrogen (secondary N) is 1. The smallest absolute Gasteiger partial charge is 0.124 e. The Morgan fingerprint density at radius 2 is 2.25 bits per heavy atom. The van der Waals surface area contributed by atoms with Gasteiger partial charge in [-0.3, -0.25) is 0 Å². The molecule has 1 heterocycles. The second-order valence-corrected chi connectivity index (χ2v) is 6.17. The summed E-state index contributed by atoms with van der Waals surface area (Å²) in [5.41, 5.74) is 1.08. The van der Waals surface area contributed by atoms with Crippen LogP contribution in [0.4, 0.5) is 4.39 Å². The van der Waals surface area contributed by atoms with Gasteiger partial charge in [0.2, 0.25) is 0 Å². The number of hydrogen-bond donors (Lipinski definition) is 1. The predicted octanol–water partition coefficient (Wildman–Crippen LogP) is 3.08. The number of benzene rings is 1. The third-order valence-electron chi connectivity index (χ3n) is 2.99. The summed E-state index contributed by atoms with van der Waals surface area (Å²) < 4.78 is 14.1. The molecule has 88 valence electrons. The molecule has 1 aliphatic heterocycles. The molecule has 16 heavy (non-hydrogen) atoms. The van der Waals surface area contributed by atoms with E-state index in [1.807, 2.05) is 24.9 Å². The van der Waals surface area contributed by atoms with Crippen molar-refractivity contribution < 1.29 is 4.39 Å². The fourth-order valence-corrected chi connectivity index (χ4v) is 4.14. The fourth-order valence-electron chi connectivity index (χ4n) is 2.15. The first-order valence-electron chi connectivity index (χ1n) is 5.39. The van der Waals surface area contributed by atoms with Gasteiger partial charge in [-0.2, -0.15) is 11.8 Å². The van der Waals surface area contributed by atoms with Crippen molar-refractivity contribution in [1.82, 2.24) is 5.32 Å². The van der Waals surface area contributed by atoms with Crippen molar-refractivity contribution in [1.29, 1.82) is 0 Å². The largest absolute Gasteiger partial charge is 0.316 e. The van der Waals surface area contributed by atoms with Crippen molar-refractivity contribution in [3.05, 3.63) is 34.1 Å². The van der Waals surface area contributed by atoms with E-state index >= 15 is 0 Å². The molecule has 1 aliphatic rings. The maximum Gasteiger partial charge on any atom is 0.124 e. The minimum absolute atomic E-state index is 0.156. The molecular weight excluding hydrogens is 289 g/mol. The second-order valence-electron chi connectivity index (χ2n) is 4.17. The van der Waals surface area contributed by atoms with Crippen molar-refractivity contribution in [2.45, 2.75) is 12.5 Å². The number of rotatable bonds is 3. The van der Waals surface area contributed by atoms with Crippen LogP contribution in [0.25, 0.3) is 0 Å². The Kier molecular flexibility index (Phi) is 4.27. The summed E-state index contributed by atoms with van der Waals surface area (Å²) in [5.74, 6) is 2.79. The van der Waals surface area contributed by atoms with Crippen LogP contribution in [0.1, 0.15) is 5.56 Å². The van der Waals surface area contributed by atoms with E-state index in [-0.39, 0.29) is 5.82 Å². The van der Waals surface area contributed by atoms with Crippen LogP contribution in [0.15, 0.2) is 22.7 Å². The average Bonchev–Trinajstić information content (AvgIpc) is 2.63. The van der Waals surface area contributed by atoms with Crippen LogP contribution in [-0.2, 0) is 6.42 Å². The van der Waals surface area contributed by atoms with E-state index in [9.17, 15) is 4.39 Å². The molecule has 0 saturated carbocycles. The predicted molar refractivity (Wildman–Crippen MR) is 71.5 cm³/mol. The standard InChI is InChI=1S/C12H15BrFNS/c1-15-12-7-16-6-9(12)2-8-3-10(13)5-11(14)4-8/h3-5,9,12,15H,2,6-7H2,1H3. The highest BCUT2D eigenvalue weighted by Crippen LogP contribution is 2.28. The van der Waals surface area contributed by atoms with Crippen molar-refractivity contribution in [2.75, 3.05) is 18.6 Å². The fraction of sp³-hybridized carbons (Fsp3) is 0.500. The molecule has 1 nitrogen and oxygen atoms in total. The monoisotopic (exact) mass is 303 g/mol. The molecule has 1 aromatic rings. The Labute approximate surface area is 108 Å². The highest BCUT2D eigenvalue weighted by atomic mass is 79.9. The molecule has 0 aliphatic carbocycles. The molecule has 2 rings (SSSR count). The van der Waals surface area contributed by atoms with Crippen LogP contribution in [0, 0.1) is 11.7 Å². The molecule has 0 bridgehead atoms. The molecule has 0 amide bonds. The minimum atomic E-state index is -0.156. The van der Waals surface area contributed by atoms with Gasteiger partial charge in [-0.25, -0.2) is 4.39 Å². The Bertz CT molecular complexity index is 352. The third kappa shape index (κ3) is 2.99.